The number of hydrogen-bond acceptors (Lipinski definition) is 2. The molecule has 1 aliphatic carbocycles. The van der Waals surface area contributed by atoms with Gasteiger partial charge in [-0.25, -0.2) is 0 Å². The van der Waals surface area contributed by atoms with E-state index in [1.54, 1.807) is 0 Å². The molecule has 0 heterocycles. The van der Waals surface area contributed by atoms with Gasteiger partial charge in [0.1, 0.15) is 0 Å². The van der Waals surface area contributed by atoms with Gasteiger partial charge in [-0.3, -0.25) is 0 Å². The van der Waals surface area contributed by atoms with E-state index in [1.807, 2.05) is 0 Å². The van der Waals surface area contributed by atoms with Crippen LogP contribution in [-0.4, -0.2) is 25.3 Å². The third-order valence-corrected chi connectivity index (χ3v) is 4.21. The zero-order chi connectivity index (χ0) is 13.2. The largest absolute Gasteiger partial charge is 0.377 e. The van der Waals surface area contributed by atoms with E-state index in [1.165, 1.54) is 51.4 Å². The van der Waals surface area contributed by atoms with Gasteiger partial charge < -0.3 is 10.1 Å². The first-order valence-electron chi connectivity index (χ1n) is 8.18. The van der Waals surface area contributed by atoms with Crippen LogP contribution in [0.1, 0.15) is 72.1 Å². The molecule has 0 radical (unpaired) electrons. The van der Waals surface area contributed by atoms with Crippen LogP contribution in [0.25, 0.3) is 0 Å². The Kier molecular flexibility index (Phi) is 8.70. The van der Waals surface area contributed by atoms with Crippen LogP contribution in [0, 0.1) is 5.92 Å². The molecule has 0 aromatic heterocycles. The average molecular weight is 255 g/mol. The minimum Gasteiger partial charge on any atom is -0.377 e. The molecule has 2 unspecified atom stereocenters. The summed E-state index contributed by atoms with van der Waals surface area (Å²) in [5.41, 5.74) is 0. The van der Waals surface area contributed by atoms with Crippen LogP contribution >= 0.6 is 0 Å². The van der Waals surface area contributed by atoms with E-state index in [0.717, 1.165) is 19.1 Å². The molecule has 1 fully saturated rings. The fourth-order valence-corrected chi connectivity index (χ4v) is 3.30. The highest BCUT2D eigenvalue weighted by atomic mass is 16.5. The van der Waals surface area contributed by atoms with Crippen LogP contribution in [0.3, 0.4) is 0 Å². The van der Waals surface area contributed by atoms with E-state index in [4.69, 9.17) is 4.74 Å². The minimum atomic E-state index is 0.446. The highest BCUT2D eigenvalue weighted by Crippen LogP contribution is 2.30. The van der Waals surface area contributed by atoms with Gasteiger partial charge in [-0.1, -0.05) is 46.0 Å². The van der Waals surface area contributed by atoms with Crippen molar-refractivity contribution in [2.45, 2.75) is 84.3 Å². The van der Waals surface area contributed by atoms with Crippen LogP contribution in [-0.2, 0) is 4.74 Å². The van der Waals surface area contributed by atoms with E-state index in [0.29, 0.717) is 12.1 Å². The Bertz CT molecular complexity index is 190. The standard InChI is InChI=1S/C16H33NO/c1-4-7-13-15(17-5-2)16(18-6-3)14-11-9-8-10-12-14/h14-17H,4-13H2,1-3H3. The van der Waals surface area contributed by atoms with Gasteiger partial charge in [0, 0.05) is 12.6 Å². The fourth-order valence-electron chi connectivity index (χ4n) is 3.30. The van der Waals surface area contributed by atoms with Gasteiger partial charge in [0.15, 0.2) is 0 Å². The number of rotatable bonds is 9. The maximum absolute atomic E-state index is 6.13. The second kappa shape index (κ2) is 9.80. The van der Waals surface area contributed by atoms with E-state index >= 15 is 0 Å². The molecular formula is C16H33NO. The normalized spacial score (nSPS) is 20.8. The van der Waals surface area contributed by atoms with Gasteiger partial charge in [-0.05, 0) is 38.6 Å². The van der Waals surface area contributed by atoms with Crippen molar-refractivity contribution in [3.63, 3.8) is 0 Å². The Labute approximate surface area is 114 Å². The molecule has 1 N–H and O–H groups in total. The third kappa shape index (κ3) is 5.27. The molecule has 2 nitrogen and oxygen atoms in total. The van der Waals surface area contributed by atoms with Gasteiger partial charge in [0.2, 0.25) is 0 Å². The second-order valence-electron chi connectivity index (χ2n) is 5.62. The summed E-state index contributed by atoms with van der Waals surface area (Å²) in [4.78, 5) is 0. The molecule has 0 bridgehead atoms. The van der Waals surface area contributed by atoms with Crippen molar-refractivity contribution in [3.05, 3.63) is 0 Å². The molecule has 0 saturated heterocycles. The predicted octanol–water partition coefficient (Wildman–Crippen LogP) is 4.14. The molecule has 0 amide bonds. The average Bonchev–Trinajstić information content (AvgIpc) is 2.42. The first-order chi connectivity index (χ1) is 8.83. The molecule has 0 aromatic rings. The molecule has 1 saturated carbocycles. The molecule has 2 atom stereocenters. The quantitative estimate of drug-likeness (QED) is 0.668. The van der Waals surface area contributed by atoms with Crippen molar-refractivity contribution in [2.24, 2.45) is 5.92 Å². The van der Waals surface area contributed by atoms with Gasteiger partial charge >= 0.3 is 0 Å². The smallest absolute Gasteiger partial charge is 0.0755 e. The summed E-state index contributed by atoms with van der Waals surface area (Å²) in [6.07, 6.45) is 11.3. The molecule has 2 heteroatoms. The highest BCUT2D eigenvalue weighted by molar-refractivity contribution is 4.84. The van der Waals surface area contributed by atoms with E-state index in [9.17, 15) is 0 Å². The van der Waals surface area contributed by atoms with Crippen molar-refractivity contribution < 1.29 is 4.74 Å². The third-order valence-electron chi connectivity index (χ3n) is 4.21. The molecule has 1 rings (SSSR count). The summed E-state index contributed by atoms with van der Waals surface area (Å²) in [7, 11) is 0. The number of ether oxygens (including phenoxy) is 1. The monoisotopic (exact) mass is 255 g/mol. The molecular weight excluding hydrogens is 222 g/mol. The van der Waals surface area contributed by atoms with E-state index in [-0.39, 0.29) is 0 Å². The molecule has 1 aliphatic rings. The van der Waals surface area contributed by atoms with Gasteiger partial charge in [0.25, 0.3) is 0 Å². The molecule has 18 heavy (non-hydrogen) atoms. The zero-order valence-electron chi connectivity index (χ0n) is 12.7. The first-order valence-corrected chi connectivity index (χ1v) is 8.18. The Morgan fingerprint density at radius 2 is 1.83 bits per heavy atom. The van der Waals surface area contributed by atoms with Crippen molar-refractivity contribution in [2.75, 3.05) is 13.2 Å². The lowest BCUT2D eigenvalue weighted by Crippen LogP contribution is -2.46. The SMILES string of the molecule is CCCCC(NCC)C(OCC)C1CCCCC1. The van der Waals surface area contributed by atoms with Gasteiger partial charge in [0.05, 0.1) is 6.10 Å². The van der Waals surface area contributed by atoms with Crippen molar-refractivity contribution in [1.82, 2.24) is 5.32 Å². The fraction of sp³-hybridized carbons (Fsp3) is 1.00. The molecule has 0 aliphatic heterocycles. The summed E-state index contributed by atoms with van der Waals surface area (Å²) in [5, 5.41) is 3.67. The van der Waals surface area contributed by atoms with Crippen LogP contribution in [0.2, 0.25) is 0 Å². The van der Waals surface area contributed by atoms with Crippen LogP contribution < -0.4 is 5.32 Å². The number of nitrogens with one attached hydrogen (secondary N) is 1. The summed E-state index contributed by atoms with van der Waals surface area (Å²) in [6, 6.07) is 0.568. The number of unbranched alkanes of at least 4 members (excludes halogenated alkanes) is 1. The van der Waals surface area contributed by atoms with Crippen molar-refractivity contribution in [1.29, 1.82) is 0 Å². The van der Waals surface area contributed by atoms with Gasteiger partial charge in [-0.2, -0.15) is 0 Å². The van der Waals surface area contributed by atoms with E-state index in [2.05, 4.69) is 26.1 Å². The molecule has 108 valence electrons. The summed E-state index contributed by atoms with van der Waals surface area (Å²) < 4.78 is 6.13. The predicted molar refractivity (Wildman–Crippen MR) is 79.0 cm³/mol. The maximum atomic E-state index is 6.13. The topological polar surface area (TPSA) is 21.3 Å². The maximum Gasteiger partial charge on any atom is 0.0755 e. The Balaban J connectivity index is 2.57. The number of likely N-dealkylation sites (N-methyl/N-ethyl adjacent to an activating group) is 1. The Morgan fingerprint density at radius 3 is 2.39 bits per heavy atom. The van der Waals surface area contributed by atoms with Crippen LogP contribution in [0.5, 0.6) is 0 Å². The van der Waals surface area contributed by atoms with Crippen LogP contribution in [0.4, 0.5) is 0 Å². The minimum absolute atomic E-state index is 0.446. The highest BCUT2D eigenvalue weighted by Gasteiger charge is 2.30. The summed E-state index contributed by atoms with van der Waals surface area (Å²) >= 11 is 0. The lowest BCUT2D eigenvalue weighted by atomic mass is 9.81. The lowest BCUT2D eigenvalue weighted by Gasteiger charge is -2.36. The zero-order valence-corrected chi connectivity index (χ0v) is 12.7. The van der Waals surface area contributed by atoms with Crippen molar-refractivity contribution >= 4 is 0 Å². The Hall–Kier alpha value is -0.0800. The molecule has 0 spiro atoms. The second-order valence-corrected chi connectivity index (χ2v) is 5.62. The Morgan fingerprint density at radius 1 is 1.11 bits per heavy atom. The van der Waals surface area contributed by atoms with Crippen LogP contribution in [0.15, 0.2) is 0 Å². The van der Waals surface area contributed by atoms with Gasteiger partial charge in [-0.15, -0.1) is 0 Å². The summed E-state index contributed by atoms with van der Waals surface area (Å²) in [6.45, 7) is 8.54. The molecule has 0 aromatic carbocycles. The van der Waals surface area contributed by atoms with E-state index < -0.39 is 0 Å². The van der Waals surface area contributed by atoms with Crippen molar-refractivity contribution in [3.8, 4) is 0 Å². The number of hydrogen-bond donors (Lipinski definition) is 1. The lowest BCUT2D eigenvalue weighted by molar-refractivity contribution is -0.0194. The first kappa shape index (κ1) is 16.0. The summed E-state index contributed by atoms with van der Waals surface area (Å²) in [5.74, 6) is 0.791.